The number of rotatable bonds is 7. The predicted molar refractivity (Wildman–Crippen MR) is 78.4 cm³/mol. The lowest BCUT2D eigenvalue weighted by Crippen LogP contribution is -2.17. The average Bonchev–Trinajstić information content (AvgIpc) is 2.37. The van der Waals surface area contributed by atoms with E-state index in [0.29, 0.717) is 29.6 Å². The van der Waals surface area contributed by atoms with Crippen LogP contribution in [-0.2, 0) is 6.54 Å². The van der Waals surface area contributed by atoms with Gasteiger partial charge in [0.2, 0.25) is 0 Å². The minimum Gasteiger partial charge on any atom is -0.493 e. The van der Waals surface area contributed by atoms with Gasteiger partial charge in [-0.25, -0.2) is 0 Å². The molecule has 1 aromatic carbocycles. The Morgan fingerprint density at radius 1 is 1.47 bits per heavy atom. The Balaban J connectivity index is 0.00000324. The van der Waals surface area contributed by atoms with E-state index in [0.717, 1.165) is 5.56 Å². The Labute approximate surface area is 124 Å². The van der Waals surface area contributed by atoms with Crippen LogP contribution >= 0.6 is 24.0 Å². The zero-order valence-corrected chi connectivity index (χ0v) is 12.2. The first-order chi connectivity index (χ1) is 8.72. The molecule has 19 heavy (non-hydrogen) atoms. The summed E-state index contributed by atoms with van der Waals surface area (Å²) in [5, 5.41) is 12.2. The molecule has 0 aliphatic rings. The highest BCUT2D eigenvalue weighted by Gasteiger charge is 2.11. The maximum Gasteiger partial charge on any atom is 0.181 e. The molecule has 0 unspecified atom stereocenters. The SMILES string of the molecule is C#CCOc1c(Cl)cc(CNCCO)cc1OC.Cl. The van der Waals surface area contributed by atoms with Crippen molar-refractivity contribution in [1.29, 1.82) is 0 Å². The Bertz CT molecular complexity index is 433. The number of hydrogen-bond acceptors (Lipinski definition) is 4. The number of aliphatic hydroxyl groups is 1. The molecule has 0 atom stereocenters. The van der Waals surface area contributed by atoms with Crippen LogP contribution in [0.15, 0.2) is 12.1 Å². The zero-order valence-electron chi connectivity index (χ0n) is 10.6. The molecule has 0 heterocycles. The van der Waals surface area contributed by atoms with E-state index in [-0.39, 0.29) is 25.6 Å². The van der Waals surface area contributed by atoms with Gasteiger partial charge in [0, 0.05) is 13.1 Å². The average molecular weight is 306 g/mol. The molecule has 0 aliphatic heterocycles. The number of methoxy groups -OCH3 is 1. The smallest absolute Gasteiger partial charge is 0.181 e. The van der Waals surface area contributed by atoms with Crippen molar-refractivity contribution in [2.75, 3.05) is 26.9 Å². The van der Waals surface area contributed by atoms with Gasteiger partial charge in [-0.3, -0.25) is 0 Å². The zero-order chi connectivity index (χ0) is 13.4. The second kappa shape index (κ2) is 9.76. The highest BCUT2D eigenvalue weighted by atomic mass is 35.5. The number of benzene rings is 1. The fourth-order valence-electron chi connectivity index (χ4n) is 1.44. The van der Waals surface area contributed by atoms with Crippen molar-refractivity contribution in [3.8, 4) is 23.8 Å². The van der Waals surface area contributed by atoms with Gasteiger partial charge in [0.05, 0.1) is 18.7 Å². The van der Waals surface area contributed by atoms with E-state index < -0.39 is 0 Å². The third-order valence-electron chi connectivity index (χ3n) is 2.21. The molecule has 0 saturated heterocycles. The van der Waals surface area contributed by atoms with Gasteiger partial charge in [-0.1, -0.05) is 17.5 Å². The number of aliphatic hydroxyl groups excluding tert-OH is 1. The van der Waals surface area contributed by atoms with Gasteiger partial charge in [0.1, 0.15) is 6.61 Å². The van der Waals surface area contributed by atoms with Crippen molar-refractivity contribution in [3.63, 3.8) is 0 Å². The van der Waals surface area contributed by atoms with Crippen molar-refractivity contribution in [2.45, 2.75) is 6.54 Å². The Morgan fingerprint density at radius 2 is 2.21 bits per heavy atom. The summed E-state index contributed by atoms with van der Waals surface area (Å²) < 4.78 is 10.6. The predicted octanol–water partition coefficient (Wildman–Crippen LogP) is 1.86. The van der Waals surface area contributed by atoms with Gasteiger partial charge in [-0.2, -0.15) is 0 Å². The molecular formula is C13H17Cl2NO3. The Kier molecular flexibility index (Phi) is 9.19. The van der Waals surface area contributed by atoms with Crippen LogP contribution in [0.3, 0.4) is 0 Å². The molecule has 0 aliphatic carbocycles. The minimum absolute atomic E-state index is 0. The summed E-state index contributed by atoms with van der Waals surface area (Å²) in [6.07, 6.45) is 5.14. The van der Waals surface area contributed by atoms with E-state index in [1.54, 1.807) is 13.2 Å². The monoisotopic (exact) mass is 305 g/mol. The summed E-state index contributed by atoms with van der Waals surface area (Å²) >= 11 is 6.11. The maximum absolute atomic E-state index is 8.69. The third kappa shape index (κ3) is 5.58. The van der Waals surface area contributed by atoms with Crippen molar-refractivity contribution in [2.24, 2.45) is 0 Å². The fraction of sp³-hybridized carbons (Fsp3) is 0.385. The molecule has 2 N–H and O–H groups in total. The fourth-order valence-corrected chi connectivity index (χ4v) is 1.73. The van der Waals surface area contributed by atoms with Crippen LogP contribution in [-0.4, -0.2) is 32.0 Å². The standard InChI is InChI=1S/C13H16ClNO3.ClH/c1-3-6-18-13-11(14)7-10(8-12(13)17-2)9-15-4-5-16;/h1,7-8,15-16H,4-6,9H2,2H3;1H. The number of hydrogen-bond donors (Lipinski definition) is 2. The largest absolute Gasteiger partial charge is 0.493 e. The number of halogens is 2. The van der Waals surface area contributed by atoms with Crippen LogP contribution < -0.4 is 14.8 Å². The van der Waals surface area contributed by atoms with Crippen LogP contribution in [0.2, 0.25) is 5.02 Å². The quantitative estimate of drug-likeness (QED) is 0.596. The highest BCUT2D eigenvalue weighted by Crippen LogP contribution is 2.36. The number of terminal acetylenes is 1. The van der Waals surface area contributed by atoms with Gasteiger partial charge >= 0.3 is 0 Å². The Morgan fingerprint density at radius 3 is 2.79 bits per heavy atom. The molecule has 0 spiro atoms. The van der Waals surface area contributed by atoms with Crippen LogP contribution in [0.5, 0.6) is 11.5 Å². The van der Waals surface area contributed by atoms with E-state index in [1.165, 1.54) is 0 Å². The third-order valence-corrected chi connectivity index (χ3v) is 2.49. The van der Waals surface area contributed by atoms with Crippen molar-refractivity contribution in [3.05, 3.63) is 22.7 Å². The summed E-state index contributed by atoms with van der Waals surface area (Å²) in [4.78, 5) is 0. The molecule has 0 bridgehead atoms. The van der Waals surface area contributed by atoms with E-state index in [2.05, 4.69) is 11.2 Å². The van der Waals surface area contributed by atoms with Gasteiger partial charge in [-0.15, -0.1) is 18.8 Å². The molecule has 1 rings (SSSR count). The van der Waals surface area contributed by atoms with E-state index in [4.69, 9.17) is 32.6 Å². The first kappa shape index (κ1) is 17.9. The minimum atomic E-state index is 0. The van der Waals surface area contributed by atoms with Gasteiger partial charge in [-0.05, 0) is 17.7 Å². The van der Waals surface area contributed by atoms with Crippen LogP contribution in [0.1, 0.15) is 5.56 Å². The highest BCUT2D eigenvalue weighted by molar-refractivity contribution is 6.32. The van der Waals surface area contributed by atoms with Crippen molar-refractivity contribution >= 4 is 24.0 Å². The summed E-state index contributed by atoms with van der Waals surface area (Å²) in [6.45, 7) is 1.34. The molecular weight excluding hydrogens is 289 g/mol. The van der Waals surface area contributed by atoms with Gasteiger partial charge in [0.15, 0.2) is 11.5 Å². The molecule has 4 nitrogen and oxygen atoms in total. The lowest BCUT2D eigenvalue weighted by Gasteiger charge is -2.13. The van der Waals surface area contributed by atoms with Gasteiger partial charge in [0.25, 0.3) is 0 Å². The summed E-state index contributed by atoms with van der Waals surface area (Å²) in [5.41, 5.74) is 0.943. The second-order valence-electron chi connectivity index (χ2n) is 3.50. The first-order valence-corrected chi connectivity index (χ1v) is 5.85. The van der Waals surface area contributed by atoms with Crippen molar-refractivity contribution in [1.82, 2.24) is 5.32 Å². The molecule has 0 fully saturated rings. The molecule has 1 aromatic rings. The number of nitrogens with one attached hydrogen (secondary N) is 1. The summed E-state index contributed by atoms with van der Waals surface area (Å²) in [6, 6.07) is 3.60. The molecule has 0 radical (unpaired) electrons. The van der Waals surface area contributed by atoms with E-state index in [1.807, 2.05) is 6.07 Å². The lowest BCUT2D eigenvalue weighted by molar-refractivity contribution is 0.292. The normalized spacial score (nSPS) is 9.37. The van der Waals surface area contributed by atoms with E-state index >= 15 is 0 Å². The van der Waals surface area contributed by atoms with Crippen LogP contribution in [0.25, 0.3) is 0 Å². The topological polar surface area (TPSA) is 50.7 Å². The molecule has 0 saturated carbocycles. The molecule has 6 heteroatoms. The van der Waals surface area contributed by atoms with Gasteiger partial charge < -0.3 is 19.9 Å². The van der Waals surface area contributed by atoms with Crippen LogP contribution in [0, 0.1) is 12.3 Å². The molecule has 106 valence electrons. The molecule has 0 amide bonds. The summed E-state index contributed by atoms with van der Waals surface area (Å²) in [5.74, 6) is 3.36. The number of ether oxygens (including phenoxy) is 2. The maximum atomic E-state index is 8.69. The van der Waals surface area contributed by atoms with Crippen LogP contribution in [0.4, 0.5) is 0 Å². The Hall–Kier alpha value is -1.12. The lowest BCUT2D eigenvalue weighted by atomic mass is 10.2. The van der Waals surface area contributed by atoms with Crippen molar-refractivity contribution < 1.29 is 14.6 Å². The molecule has 0 aromatic heterocycles. The summed E-state index contributed by atoms with van der Waals surface area (Å²) in [7, 11) is 1.54. The second-order valence-corrected chi connectivity index (χ2v) is 3.91. The first-order valence-electron chi connectivity index (χ1n) is 5.47. The van der Waals surface area contributed by atoms with E-state index in [9.17, 15) is 0 Å².